The first-order valence-corrected chi connectivity index (χ1v) is 8.46. The molecule has 0 saturated carbocycles. The molecule has 0 radical (unpaired) electrons. The molecular formula is C20H17ClN2O. The predicted molar refractivity (Wildman–Crippen MR) is 96.8 cm³/mol. The van der Waals surface area contributed by atoms with Crippen LogP contribution in [0.15, 0.2) is 58.0 Å². The third kappa shape index (κ3) is 2.36. The Kier molecular flexibility index (Phi) is 3.73. The van der Waals surface area contributed by atoms with Crippen LogP contribution >= 0.6 is 11.6 Å². The Balaban J connectivity index is 2.01. The molecule has 0 N–H and O–H groups in total. The highest BCUT2D eigenvalue weighted by molar-refractivity contribution is 6.30. The van der Waals surface area contributed by atoms with E-state index in [4.69, 9.17) is 21.1 Å². The van der Waals surface area contributed by atoms with Crippen LogP contribution in [0.5, 0.6) is 0 Å². The van der Waals surface area contributed by atoms with Crippen molar-refractivity contribution in [3.8, 4) is 11.1 Å². The molecule has 0 aliphatic carbocycles. The average Bonchev–Trinajstić information content (AvgIpc) is 2.91. The van der Waals surface area contributed by atoms with Gasteiger partial charge in [-0.3, -0.25) is 4.99 Å². The summed E-state index contributed by atoms with van der Waals surface area (Å²) in [7, 11) is 0. The van der Waals surface area contributed by atoms with E-state index in [1.807, 2.05) is 43.3 Å². The summed E-state index contributed by atoms with van der Waals surface area (Å²) in [4.78, 5) is 5.03. The number of aryl methyl sites for hydroxylation is 1. The monoisotopic (exact) mass is 336 g/mol. The molecule has 4 heteroatoms. The van der Waals surface area contributed by atoms with Crippen LogP contribution in [0, 0.1) is 6.92 Å². The molecule has 1 atom stereocenters. The first kappa shape index (κ1) is 15.2. The Hall–Kier alpha value is -2.39. The normalized spacial score (nSPS) is 16.1. The molecule has 1 aromatic heterocycles. The lowest BCUT2D eigenvalue weighted by Gasteiger charge is -2.11. The summed E-state index contributed by atoms with van der Waals surface area (Å²) in [6, 6.07) is 16.1. The van der Waals surface area contributed by atoms with E-state index in [1.54, 1.807) is 0 Å². The number of hydrogen-bond donors (Lipinski definition) is 0. The third-order valence-corrected chi connectivity index (χ3v) is 4.68. The summed E-state index contributed by atoms with van der Waals surface area (Å²) in [6.07, 6.45) is 0.854. The van der Waals surface area contributed by atoms with Gasteiger partial charge >= 0.3 is 0 Å². The second kappa shape index (κ2) is 5.91. The Labute approximate surface area is 146 Å². The molecule has 3 nitrogen and oxygen atoms in total. The molecule has 24 heavy (non-hydrogen) atoms. The lowest BCUT2D eigenvalue weighted by Crippen LogP contribution is -2.05. The van der Waals surface area contributed by atoms with Gasteiger partial charge in [-0.2, -0.15) is 0 Å². The van der Waals surface area contributed by atoms with E-state index in [0.717, 1.165) is 50.9 Å². The lowest BCUT2D eigenvalue weighted by molar-refractivity contribution is 0.357. The minimum absolute atomic E-state index is 0.0423. The number of rotatable bonds is 2. The fraction of sp³-hybridized carbons (Fsp3) is 0.200. The quantitative estimate of drug-likeness (QED) is 0.610. The van der Waals surface area contributed by atoms with Gasteiger partial charge in [-0.25, -0.2) is 0 Å². The highest BCUT2D eigenvalue weighted by Crippen LogP contribution is 2.40. The molecule has 0 saturated heterocycles. The Morgan fingerprint density at radius 3 is 2.46 bits per heavy atom. The molecule has 1 unspecified atom stereocenters. The van der Waals surface area contributed by atoms with Crippen molar-refractivity contribution in [3.05, 3.63) is 76.1 Å². The van der Waals surface area contributed by atoms with Gasteiger partial charge in [-0.1, -0.05) is 60.1 Å². The second-order valence-corrected chi connectivity index (χ2v) is 6.40. The van der Waals surface area contributed by atoms with Gasteiger partial charge in [0.15, 0.2) is 5.76 Å². The van der Waals surface area contributed by atoms with Crippen molar-refractivity contribution in [1.29, 1.82) is 0 Å². The van der Waals surface area contributed by atoms with Gasteiger partial charge in [0.1, 0.15) is 6.04 Å². The standard InChI is InChI=1S/C20H17ClN2O/c1-3-17-20-18(12(2)23-24-20)15-6-4-5-7-16(15)19(22-17)13-8-10-14(21)11-9-13/h4-11,17H,3H2,1-2H3. The van der Waals surface area contributed by atoms with E-state index >= 15 is 0 Å². The molecule has 2 heterocycles. The zero-order chi connectivity index (χ0) is 16.7. The van der Waals surface area contributed by atoms with Gasteiger partial charge < -0.3 is 4.52 Å². The molecule has 0 bridgehead atoms. The molecular weight excluding hydrogens is 320 g/mol. The van der Waals surface area contributed by atoms with Crippen LogP contribution in [0.2, 0.25) is 5.02 Å². The van der Waals surface area contributed by atoms with Crippen molar-refractivity contribution < 1.29 is 4.52 Å². The van der Waals surface area contributed by atoms with Gasteiger partial charge in [0.05, 0.1) is 17.0 Å². The van der Waals surface area contributed by atoms with Crippen LogP contribution < -0.4 is 0 Å². The number of benzene rings is 2. The molecule has 0 amide bonds. The first-order chi connectivity index (χ1) is 11.7. The Morgan fingerprint density at radius 2 is 1.75 bits per heavy atom. The van der Waals surface area contributed by atoms with Crippen LogP contribution in [0.25, 0.3) is 11.1 Å². The molecule has 0 spiro atoms. The van der Waals surface area contributed by atoms with Gasteiger partial charge in [-0.15, -0.1) is 0 Å². The zero-order valence-electron chi connectivity index (χ0n) is 13.6. The van der Waals surface area contributed by atoms with Crippen LogP contribution in [0.4, 0.5) is 0 Å². The number of hydrogen-bond acceptors (Lipinski definition) is 3. The van der Waals surface area contributed by atoms with Gasteiger partial charge in [0, 0.05) is 16.1 Å². The number of aliphatic imine (C=N–C) groups is 1. The van der Waals surface area contributed by atoms with E-state index in [-0.39, 0.29) is 6.04 Å². The van der Waals surface area contributed by atoms with Crippen LogP contribution in [-0.4, -0.2) is 10.9 Å². The van der Waals surface area contributed by atoms with E-state index in [1.165, 1.54) is 0 Å². The Morgan fingerprint density at radius 1 is 1.04 bits per heavy atom. The van der Waals surface area contributed by atoms with Crippen molar-refractivity contribution in [3.63, 3.8) is 0 Å². The van der Waals surface area contributed by atoms with Gasteiger partial charge in [0.2, 0.25) is 0 Å². The smallest absolute Gasteiger partial charge is 0.169 e. The van der Waals surface area contributed by atoms with E-state index in [9.17, 15) is 0 Å². The fourth-order valence-corrected chi connectivity index (χ4v) is 3.37. The van der Waals surface area contributed by atoms with Crippen LogP contribution in [-0.2, 0) is 0 Å². The predicted octanol–water partition coefficient (Wildman–Crippen LogP) is 5.61. The highest BCUT2D eigenvalue weighted by atomic mass is 35.5. The third-order valence-electron chi connectivity index (χ3n) is 4.43. The van der Waals surface area contributed by atoms with Crippen molar-refractivity contribution in [2.45, 2.75) is 26.3 Å². The molecule has 1 aliphatic heterocycles. The first-order valence-electron chi connectivity index (χ1n) is 8.08. The van der Waals surface area contributed by atoms with Gasteiger partial charge in [-0.05, 0) is 31.0 Å². The molecule has 120 valence electrons. The van der Waals surface area contributed by atoms with Crippen LogP contribution in [0.3, 0.4) is 0 Å². The topological polar surface area (TPSA) is 38.4 Å². The summed E-state index contributed by atoms with van der Waals surface area (Å²) in [5, 5.41) is 4.91. The highest BCUT2D eigenvalue weighted by Gasteiger charge is 2.29. The average molecular weight is 337 g/mol. The van der Waals surface area contributed by atoms with Crippen molar-refractivity contribution in [2.24, 2.45) is 4.99 Å². The molecule has 2 aromatic carbocycles. The number of fused-ring (bicyclic) bond motifs is 3. The van der Waals surface area contributed by atoms with Gasteiger partial charge in [0.25, 0.3) is 0 Å². The minimum atomic E-state index is -0.0423. The summed E-state index contributed by atoms with van der Waals surface area (Å²) in [5.41, 5.74) is 6.23. The van der Waals surface area contributed by atoms with E-state index < -0.39 is 0 Å². The number of aromatic nitrogens is 1. The fourth-order valence-electron chi connectivity index (χ4n) is 3.25. The van der Waals surface area contributed by atoms with Crippen molar-refractivity contribution in [2.75, 3.05) is 0 Å². The summed E-state index contributed by atoms with van der Waals surface area (Å²) in [6.45, 7) is 4.10. The SMILES string of the molecule is CCC1N=C(c2ccc(Cl)cc2)c2ccccc2-c2c(C)noc21. The maximum absolute atomic E-state index is 6.05. The number of halogens is 1. The molecule has 3 aromatic rings. The summed E-state index contributed by atoms with van der Waals surface area (Å²) < 4.78 is 5.65. The van der Waals surface area contributed by atoms with E-state index in [0.29, 0.717) is 0 Å². The number of nitrogens with zero attached hydrogens (tertiary/aromatic N) is 2. The van der Waals surface area contributed by atoms with E-state index in [2.05, 4.69) is 24.2 Å². The molecule has 1 aliphatic rings. The van der Waals surface area contributed by atoms with Crippen LogP contribution in [0.1, 0.15) is 42.0 Å². The lowest BCUT2D eigenvalue weighted by atomic mass is 9.93. The maximum atomic E-state index is 6.05. The summed E-state index contributed by atoms with van der Waals surface area (Å²) >= 11 is 6.05. The molecule has 0 fully saturated rings. The maximum Gasteiger partial charge on any atom is 0.169 e. The van der Waals surface area contributed by atoms with Crippen molar-refractivity contribution >= 4 is 17.3 Å². The minimum Gasteiger partial charge on any atom is -0.358 e. The zero-order valence-corrected chi connectivity index (χ0v) is 14.3. The Bertz CT molecular complexity index is 925. The summed E-state index contributed by atoms with van der Waals surface area (Å²) in [5.74, 6) is 0.853. The largest absolute Gasteiger partial charge is 0.358 e. The molecule has 4 rings (SSSR count). The van der Waals surface area contributed by atoms with Crippen molar-refractivity contribution in [1.82, 2.24) is 5.16 Å². The second-order valence-electron chi connectivity index (χ2n) is 5.96.